The maximum absolute atomic E-state index is 5.73. The first-order valence-electron chi connectivity index (χ1n) is 8.27. The number of nitrogens with zero attached hydrogens (tertiary/aromatic N) is 1. The highest BCUT2D eigenvalue weighted by molar-refractivity contribution is 5.14. The van der Waals surface area contributed by atoms with Crippen LogP contribution in [-0.4, -0.2) is 24.0 Å². The van der Waals surface area contributed by atoms with E-state index in [0.717, 1.165) is 38.0 Å². The van der Waals surface area contributed by atoms with Gasteiger partial charge in [-0.2, -0.15) is 0 Å². The second-order valence-electron chi connectivity index (χ2n) is 6.37. The van der Waals surface area contributed by atoms with Crippen LogP contribution in [0.25, 0.3) is 0 Å². The summed E-state index contributed by atoms with van der Waals surface area (Å²) in [5.74, 6) is 0.910. The Balaban J connectivity index is 1.98. The molecule has 2 unspecified atom stereocenters. The third-order valence-electron chi connectivity index (χ3n) is 4.62. The Morgan fingerprint density at radius 2 is 1.90 bits per heavy atom. The minimum absolute atomic E-state index is 0.756. The summed E-state index contributed by atoms with van der Waals surface area (Å²) in [6.45, 7) is 5.43. The van der Waals surface area contributed by atoms with Crippen molar-refractivity contribution in [2.75, 3.05) is 13.1 Å². The van der Waals surface area contributed by atoms with E-state index in [0.29, 0.717) is 0 Å². The fourth-order valence-electron chi connectivity index (χ4n) is 3.34. The number of benzene rings is 1. The minimum Gasteiger partial charge on any atom is -0.330 e. The van der Waals surface area contributed by atoms with E-state index in [4.69, 9.17) is 5.73 Å². The first-order valence-corrected chi connectivity index (χ1v) is 8.27. The predicted molar refractivity (Wildman–Crippen MR) is 86.6 cm³/mol. The highest BCUT2D eigenvalue weighted by Gasteiger charge is 2.22. The van der Waals surface area contributed by atoms with Gasteiger partial charge in [0.15, 0.2) is 0 Å². The molecule has 1 aliphatic rings. The lowest BCUT2D eigenvalue weighted by molar-refractivity contribution is 0.168. The van der Waals surface area contributed by atoms with Crippen molar-refractivity contribution >= 4 is 0 Å². The normalized spacial score (nSPS) is 23.8. The van der Waals surface area contributed by atoms with Gasteiger partial charge in [0.25, 0.3) is 0 Å². The second-order valence-corrected chi connectivity index (χ2v) is 6.37. The van der Waals surface area contributed by atoms with E-state index >= 15 is 0 Å². The van der Waals surface area contributed by atoms with Crippen molar-refractivity contribution in [3.63, 3.8) is 0 Å². The highest BCUT2D eigenvalue weighted by Crippen LogP contribution is 2.27. The molecule has 0 saturated heterocycles. The lowest BCUT2D eigenvalue weighted by Crippen LogP contribution is -2.36. The van der Waals surface area contributed by atoms with Crippen molar-refractivity contribution in [1.82, 2.24) is 4.90 Å². The fraction of sp³-hybridized carbons (Fsp3) is 0.667. The van der Waals surface area contributed by atoms with Gasteiger partial charge in [-0.25, -0.2) is 0 Å². The van der Waals surface area contributed by atoms with Crippen molar-refractivity contribution in [2.24, 2.45) is 11.7 Å². The second kappa shape index (κ2) is 8.43. The van der Waals surface area contributed by atoms with Gasteiger partial charge in [0, 0.05) is 12.6 Å². The molecule has 2 heteroatoms. The van der Waals surface area contributed by atoms with E-state index in [1.165, 1.54) is 37.7 Å². The standard InChI is InChI=1S/C18H30N2/c1-16-7-5-10-18(12-11-16)20(14-6-13-19)15-17-8-3-2-4-9-17/h2-4,8-9,16,18H,5-7,10-15,19H2,1H3. The molecule has 1 saturated carbocycles. The smallest absolute Gasteiger partial charge is 0.0236 e. The molecule has 0 radical (unpaired) electrons. The summed E-state index contributed by atoms with van der Waals surface area (Å²) < 4.78 is 0. The molecule has 1 fully saturated rings. The molecule has 0 aliphatic heterocycles. The molecule has 0 amide bonds. The average Bonchev–Trinajstić information content (AvgIpc) is 2.69. The van der Waals surface area contributed by atoms with Crippen LogP contribution < -0.4 is 5.73 Å². The predicted octanol–water partition coefficient (Wildman–Crippen LogP) is 3.81. The topological polar surface area (TPSA) is 29.3 Å². The molecule has 0 heterocycles. The van der Waals surface area contributed by atoms with E-state index in [1.54, 1.807) is 0 Å². The van der Waals surface area contributed by atoms with Gasteiger partial charge in [0.2, 0.25) is 0 Å². The zero-order chi connectivity index (χ0) is 14.2. The van der Waals surface area contributed by atoms with Gasteiger partial charge in [-0.3, -0.25) is 4.90 Å². The Kier molecular flexibility index (Phi) is 6.55. The lowest BCUT2D eigenvalue weighted by Gasteiger charge is -2.31. The van der Waals surface area contributed by atoms with Gasteiger partial charge in [-0.05, 0) is 50.3 Å². The molecule has 1 aromatic rings. The molecule has 1 aliphatic carbocycles. The van der Waals surface area contributed by atoms with Gasteiger partial charge < -0.3 is 5.73 Å². The van der Waals surface area contributed by atoms with Gasteiger partial charge >= 0.3 is 0 Å². The van der Waals surface area contributed by atoms with Crippen LogP contribution in [0.15, 0.2) is 30.3 Å². The Morgan fingerprint density at radius 3 is 2.65 bits per heavy atom. The molecule has 112 valence electrons. The maximum Gasteiger partial charge on any atom is 0.0236 e. The van der Waals surface area contributed by atoms with Gasteiger partial charge in [-0.1, -0.05) is 50.1 Å². The zero-order valence-electron chi connectivity index (χ0n) is 12.9. The van der Waals surface area contributed by atoms with Gasteiger partial charge in [0.05, 0.1) is 0 Å². The summed E-state index contributed by atoms with van der Waals surface area (Å²) in [7, 11) is 0. The Labute approximate surface area is 124 Å². The van der Waals surface area contributed by atoms with Gasteiger partial charge in [0.1, 0.15) is 0 Å². The van der Waals surface area contributed by atoms with E-state index in [9.17, 15) is 0 Å². The molecule has 2 atom stereocenters. The summed E-state index contributed by atoms with van der Waals surface area (Å²) in [4.78, 5) is 2.68. The third-order valence-corrected chi connectivity index (χ3v) is 4.62. The van der Waals surface area contributed by atoms with Crippen molar-refractivity contribution in [1.29, 1.82) is 0 Å². The summed E-state index contributed by atoms with van der Waals surface area (Å²) >= 11 is 0. The van der Waals surface area contributed by atoms with Crippen molar-refractivity contribution in [3.05, 3.63) is 35.9 Å². The molecule has 0 aromatic heterocycles. The first kappa shape index (κ1) is 15.5. The zero-order valence-corrected chi connectivity index (χ0v) is 12.9. The Morgan fingerprint density at radius 1 is 1.10 bits per heavy atom. The Bertz CT molecular complexity index is 363. The van der Waals surface area contributed by atoms with Crippen LogP contribution in [0.4, 0.5) is 0 Å². The van der Waals surface area contributed by atoms with Gasteiger partial charge in [-0.15, -0.1) is 0 Å². The summed E-state index contributed by atoms with van der Waals surface area (Å²) in [6, 6.07) is 11.6. The van der Waals surface area contributed by atoms with Crippen LogP contribution in [0, 0.1) is 5.92 Å². The fourth-order valence-corrected chi connectivity index (χ4v) is 3.34. The van der Waals surface area contributed by atoms with Crippen LogP contribution in [0.2, 0.25) is 0 Å². The monoisotopic (exact) mass is 274 g/mol. The minimum atomic E-state index is 0.756. The van der Waals surface area contributed by atoms with Crippen LogP contribution in [0.3, 0.4) is 0 Å². The average molecular weight is 274 g/mol. The van der Waals surface area contributed by atoms with Crippen LogP contribution in [0.5, 0.6) is 0 Å². The van der Waals surface area contributed by atoms with Crippen LogP contribution >= 0.6 is 0 Å². The van der Waals surface area contributed by atoms with E-state index in [2.05, 4.69) is 42.2 Å². The first-order chi connectivity index (χ1) is 9.79. The van der Waals surface area contributed by atoms with Crippen molar-refractivity contribution < 1.29 is 0 Å². The van der Waals surface area contributed by atoms with E-state index in [-0.39, 0.29) is 0 Å². The SMILES string of the molecule is CC1CCCC(N(CCCN)Cc2ccccc2)CC1. The molecular weight excluding hydrogens is 244 g/mol. The van der Waals surface area contributed by atoms with Crippen molar-refractivity contribution in [3.8, 4) is 0 Å². The molecule has 1 aromatic carbocycles. The van der Waals surface area contributed by atoms with E-state index in [1.807, 2.05) is 0 Å². The van der Waals surface area contributed by atoms with Crippen LogP contribution in [-0.2, 0) is 6.54 Å². The molecule has 2 N–H and O–H groups in total. The van der Waals surface area contributed by atoms with Crippen molar-refractivity contribution in [2.45, 2.75) is 58.0 Å². The summed E-state index contributed by atoms with van der Waals surface area (Å²) in [5.41, 5.74) is 7.16. The molecule has 0 spiro atoms. The molecular formula is C18H30N2. The number of rotatable bonds is 6. The molecule has 0 bridgehead atoms. The number of hydrogen-bond donors (Lipinski definition) is 1. The highest BCUT2D eigenvalue weighted by atomic mass is 15.1. The summed E-state index contributed by atoms with van der Waals surface area (Å²) in [6.07, 6.45) is 8.02. The largest absolute Gasteiger partial charge is 0.330 e. The number of hydrogen-bond acceptors (Lipinski definition) is 2. The molecule has 2 rings (SSSR count). The van der Waals surface area contributed by atoms with E-state index < -0.39 is 0 Å². The quantitative estimate of drug-likeness (QED) is 0.799. The summed E-state index contributed by atoms with van der Waals surface area (Å²) in [5, 5.41) is 0. The molecule has 2 nitrogen and oxygen atoms in total. The third kappa shape index (κ3) is 4.92. The molecule has 20 heavy (non-hydrogen) atoms. The lowest BCUT2D eigenvalue weighted by atomic mass is 10.0. The maximum atomic E-state index is 5.73. The Hall–Kier alpha value is -0.860. The number of nitrogens with two attached hydrogens (primary N) is 1. The van der Waals surface area contributed by atoms with Crippen LogP contribution in [0.1, 0.15) is 51.0 Å².